The first kappa shape index (κ1) is 55.5. The maximum atomic E-state index is 12.5. The minimum absolute atomic E-state index is 0.0856. The van der Waals surface area contributed by atoms with Gasteiger partial charge < -0.3 is 25.6 Å². The Hall–Kier alpha value is -2.22. The second-order valence-electron chi connectivity index (χ2n) is 26.7. The highest BCUT2D eigenvalue weighted by atomic mass is 32.2. The van der Waals surface area contributed by atoms with E-state index in [1.807, 2.05) is 0 Å². The number of rotatable bonds is 18. The zero-order valence-electron chi connectivity index (χ0n) is 44.8. The lowest BCUT2D eigenvalue weighted by molar-refractivity contribution is -0.179. The van der Waals surface area contributed by atoms with Crippen molar-refractivity contribution in [2.75, 3.05) is 24.6 Å². The van der Waals surface area contributed by atoms with Crippen LogP contribution in [0.2, 0.25) is 0 Å². The van der Waals surface area contributed by atoms with Crippen molar-refractivity contribution in [1.29, 1.82) is 0 Å². The highest BCUT2D eigenvalue weighted by Crippen LogP contribution is 2.70. The van der Waals surface area contributed by atoms with Crippen LogP contribution in [0.5, 0.6) is 0 Å². The minimum atomic E-state index is -4.11. The molecule has 1 aromatic rings. The second-order valence-corrected chi connectivity index (χ2v) is 29.8. The summed E-state index contributed by atoms with van der Waals surface area (Å²) in [5.41, 5.74) is 1.42. The molecule has 16 nitrogen and oxygen atoms in total. The molecule has 20 atom stereocenters. The number of carbonyl (C=O) groups excluding carboxylic acids is 2. The van der Waals surface area contributed by atoms with E-state index in [2.05, 4.69) is 68.2 Å². The van der Waals surface area contributed by atoms with Crippen LogP contribution in [0.25, 0.3) is 0 Å². The molecule has 0 saturated heterocycles. The molecule has 4 unspecified atom stereocenters. The Morgan fingerprint density at radius 3 is 1.60 bits per heavy atom. The largest absolute Gasteiger partial charge is 0.393 e. The van der Waals surface area contributed by atoms with E-state index in [1.54, 1.807) is 0 Å². The van der Waals surface area contributed by atoms with E-state index in [4.69, 9.17) is 19.1 Å². The molecule has 6 N–H and O–H groups in total. The molecule has 0 radical (unpaired) electrons. The number of fused-ring (bicyclic) bond motifs is 10. The summed E-state index contributed by atoms with van der Waals surface area (Å²) in [4.78, 5) is 25.1. The van der Waals surface area contributed by atoms with E-state index >= 15 is 0 Å². The van der Waals surface area contributed by atoms with Crippen LogP contribution < -0.4 is 10.6 Å². The lowest BCUT2D eigenvalue weighted by Gasteiger charge is -2.62. The van der Waals surface area contributed by atoms with Gasteiger partial charge in [0.1, 0.15) is 5.69 Å². The van der Waals surface area contributed by atoms with Crippen LogP contribution in [0.1, 0.15) is 182 Å². The smallest absolute Gasteiger partial charge is 0.266 e. The molecule has 0 aromatic carbocycles. The predicted octanol–water partition coefficient (Wildman–Crippen LogP) is 7.80. The maximum absolute atomic E-state index is 12.5. The number of aromatic nitrogens is 3. The van der Waals surface area contributed by atoms with Crippen LogP contribution in [-0.2, 0) is 41.2 Å². The van der Waals surface area contributed by atoms with Gasteiger partial charge in [0.05, 0.1) is 48.7 Å². The molecule has 2 amide bonds. The van der Waals surface area contributed by atoms with Gasteiger partial charge in [-0.2, -0.15) is 16.8 Å². The SMILES string of the molecule is C[C@H](CCC(=O)NCCS(=O)(=O)O)[C@H]1CC[C@@H]2C3[C@@H](CC[C@@]21C)[C@@]1(C)CC[C@@H](n2cc(CO[C@@H]4CC[C@]5(C)C(C4)C[C@@H](O)C4[C@H]5CC[C@]5(C)[C@H]4CC[C@H]5[C@@H](C)CCC(=O)NCCS(=O)(=O)O)nn2)CC1C[C@@H]3O. The molecular weight excluding hydrogens is 971 g/mol. The number of aliphatic hydroxyl groups is 2. The van der Waals surface area contributed by atoms with Crippen molar-refractivity contribution in [2.45, 2.75) is 201 Å². The quantitative estimate of drug-likeness (QED) is 0.0769. The third kappa shape index (κ3) is 11.1. The highest BCUT2D eigenvalue weighted by Gasteiger charge is 2.65. The van der Waals surface area contributed by atoms with Gasteiger partial charge in [-0.1, -0.05) is 46.8 Å². The fourth-order valence-electron chi connectivity index (χ4n) is 19.4. The number of nitrogens with zero attached hydrogens (tertiary/aromatic N) is 3. The summed E-state index contributed by atoms with van der Waals surface area (Å²) in [6.07, 6.45) is 20.5. The lowest BCUT2D eigenvalue weighted by Crippen LogP contribution is -2.58. The molecule has 18 heteroatoms. The van der Waals surface area contributed by atoms with Crippen LogP contribution in [0.15, 0.2) is 6.20 Å². The minimum Gasteiger partial charge on any atom is -0.393 e. The Morgan fingerprint density at radius 2 is 1.11 bits per heavy atom. The van der Waals surface area contributed by atoms with Gasteiger partial charge in [0.2, 0.25) is 11.8 Å². The van der Waals surface area contributed by atoms with Gasteiger partial charge in [-0.05, 0) is 208 Å². The number of carbonyl (C=O) groups is 2. The van der Waals surface area contributed by atoms with Crippen molar-refractivity contribution >= 4 is 32.1 Å². The molecule has 8 aliphatic carbocycles. The molecular formula is C55H91N5O11S2. The van der Waals surface area contributed by atoms with Crippen LogP contribution in [0, 0.1) is 92.7 Å². The van der Waals surface area contributed by atoms with Crippen molar-refractivity contribution in [3.05, 3.63) is 11.9 Å². The third-order valence-corrected chi connectivity index (χ3v) is 24.7. The highest BCUT2D eigenvalue weighted by molar-refractivity contribution is 7.86. The number of hydrogen-bond acceptors (Lipinski definition) is 11. The zero-order valence-corrected chi connectivity index (χ0v) is 46.4. The molecule has 1 heterocycles. The fourth-order valence-corrected chi connectivity index (χ4v) is 20.1. The van der Waals surface area contributed by atoms with E-state index in [0.29, 0.717) is 78.6 Å². The molecule has 414 valence electrons. The average molecular weight is 1060 g/mol. The van der Waals surface area contributed by atoms with Crippen LogP contribution in [0.3, 0.4) is 0 Å². The number of hydrogen-bond donors (Lipinski definition) is 6. The van der Waals surface area contributed by atoms with Crippen LogP contribution in [0.4, 0.5) is 0 Å². The normalized spacial score (nSPS) is 43.0. The fraction of sp³-hybridized carbons (Fsp3) is 0.927. The van der Waals surface area contributed by atoms with E-state index in [0.717, 1.165) is 121 Å². The number of ether oxygens (including phenoxy) is 1. The molecule has 1 aromatic heterocycles. The first-order chi connectivity index (χ1) is 34.3. The van der Waals surface area contributed by atoms with Gasteiger partial charge >= 0.3 is 0 Å². The molecule has 9 rings (SSSR count). The van der Waals surface area contributed by atoms with Crippen molar-refractivity contribution in [3.63, 3.8) is 0 Å². The predicted molar refractivity (Wildman–Crippen MR) is 276 cm³/mol. The number of amides is 2. The van der Waals surface area contributed by atoms with E-state index in [-0.39, 0.29) is 82.8 Å². The summed E-state index contributed by atoms with van der Waals surface area (Å²) in [7, 11) is -8.23. The summed E-state index contributed by atoms with van der Waals surface area (Å²) < 4.78 is 71.1. The van der Waals surface area contributed by atoms with E-state index in [1.165, 1.54) is 0 Å². The molecule has 0 aliphatic heterocycles. The topological polar surface area (TPSA) is 247 Å². The Morgan fingerprint density at radius 1 is 0.658 bits per heavy atom. The first-order valence-corrected chi connectivity index (χ1v) is 31.9. The standard InChI is InChI=1S/C55H91N5O11S2/c1-33(7-13-48(63)56-23-25-72(65,66)67)40-9-11-42-50-44(17-21-54(40,42)5)52(3)19-15-38(27-35(52)29-46(50)61)60-31-37(58-59-60)32-71-39-16-20-53(4)36(28-39)30-47(62)51-43-12-10-41(55(43,6)22-18-45(51)53)34(2)8-14-49(64)57-24-26-73(68,69)70/h31,33-36,38-47,50-51,61-62H,7-30,32H2,1-6H3,(H,56,63)(H,57,64)(H,65,66,67)(H,68,69,70)/t33-,34+,35?,36?,38-,39-,40-,41+,42-,43+,44-,45-,46+,47-,50?,51?,52+,53-,54-,55+/m1/s1. The Bertz CT molecular complexity index is 2370. The Balaban J connectivity index is 0.742. The van der Waals surface area contributed by atoms with Gasteiger partial charge in [-0.3, -0.25) is 18.7 Å². The van der Waals surface area contributed by atoms with Crippen molar-refractivity contribution in [1.82, 2.24) is 25.6 Å². The van der Waals surface area contributed by atoms with Crippen molar-refractivity contribution in [2.24, 2.45) is 92.7 Å². The average Bonchev–Trinajstić information content (AvgIpc) is 4.04. The summed E-state index contributed by atoms with van der Waals surface area (Å²) in [5, 5.41) is 38.8. The molecule has 8 fully saturated rings. The second kappa shape index (κ2) is 21.2. The number of aliphatic hydroxyl groups excluding tert-OH is 2. The van der Waals surface area contributed by atoms with E-state index < -0.39 is 31.7 Å². The molecule has 73 heavy (non-hydrogen) atoms. The summed E-state index contributed by atoms with van der Waals surface area (Å²) in [6.45, 7) is 14.7. The molecule has 0 bridgehead atoms. The Kier molecular flexibility index (Phi) is 16.1. The van der Waals surface area contributed by atoms with Gasteiger partial charge in [0, 0.05) is 25.9 Å². The molecule has 0 spiro atoms. The molecule has 8 saturated carbocycles. The van der Waals surface area contributed by atoms with Gasteiger partial charge in [-0.25, -0.2) is 4.68 Å². The summed E-state index contributed by atoms with van der Waals surface area (Å²) in [6, 6.07) is 0.237. The lowest BCUT2D eigenvalue weighted by atomic mass is 9.43. The first-order valence-electron chi connectivity index (χ1n) is 28.6. The van der Waals surface area contributed by atoms with Crippen LogP contribution >= 0.6 is 0 Å². The monoisotopic (exact) mass is 1060 g/mol. The maximum Gasteiger partial charge on any atom is 0.266 e. The molecule has 8 aliphatic rings. The third-order valence-electron chi connectivity index (χ3n) is 23.2. The Labute approximate surface area is 436 Å². The van der Waals surface area contributed by atoms with Crippen LogP contribution in [-0.4, -0.2) is 106 Å². The van der Waals surface area contributed by atoms with Gasteiger partial charge in [0.15, 0.2) is 0 Å². The number of nitrogens with one attached hydrogen (secondary N) is 2. The van der Waals surface area contributed by atoms with Crippen molar-refractivity contribution in [3.8, 4) is 0 Å². The van der Waals surface area contributed by atoms with Crippen molar-refractivity contribution < 1.29 is 50.5 Å². The van der Waals surface area contributed by atoms with E-state index in [9.17, 15) is 36.6 Å². The zero-order chi connectivity index (χ0) is 52.5. The summed E-state index contributed by atoms with van der Waals surface area (Å²) >= 11 is 0. The van der Waals surface area contributed by atoms with Gasteiger partial charge in [0.25, 0.3) is 20.2 Å². The summed E-state index contributed by atoms with van der Waals surface area (Å²) in [5.74, 6) is 3.57. The van der Waals surface area contributed by atoms with Gasteiger partial charge in [-0.15, -0.1) is 5.10 Å².